The van der Waals surface area contributed by atoms with E-state index in [9.17, 15) is 13.9 Å². The number of halogens is 2. The van der Waals surface area contributed by atoms with Crippen molar-refractivity contribution in [2.45, 2.75) is 25.9 Å². The molecule has 0 unspecified atom stereocenters. The van der Waals surface area contributed by atoms with Crippen LogP contribution in [0, 0.1) is 0 Å². The average molecular weight is 230 g/mol. The Hall–Kier alpha value is -1.23. The van der Waals surface area contributed by atoms with E-state index in [-0.39, 0.29) is 6.54 Å². The predicted octanol–water partition coefficient (Wildman–Crippen LogP) is 2.23. The summed E-state index contributed by atoms with van der Waals surface area (Å²) in [4.78, 5) is 5.47. The van der Waals surface area contributed by atoms with Crippen molar-refractivity contribution in [3.8, 4) is 0 Å². The van der Waals surface area contributed by atoms with Crippen LogP contribution in [-0.4, -0.2) is 30.1 Å². The van der Waals surface area contributed by atoms with E-state index in [1.807, 2.05) is 6.92 Å². The van der Waals surface area contributed by atoms with Crippen molar-refractivity contribution < 1.29 is 13.9 Å². The van der Waals surface area contributed by atoms with Gasteiger partial charge in [-0.05, 0) is 18.6 Å². The Morgan fingerprint density at radius 3 is 2.56 bits per heavy atom. The molecule has 1 atom stereocenters. The fourth-order valence-corrected chi connectivity index (χ4v) is 1.34. The van der Waals surface area contributed by atoms with Crippen molar-refractivity contribution in [1.29, 1.82) is 0 Å². The van der Waals surface area contributed by atoms with Crippen LogP contribution in [0.15, 0.2) is 18.3 Å². The smallest absolute Gasteiger partial charge is 0.255 e. The number of rotatable bonds is 5. The van der Waals surface area contributed by atoms with Gasteiger partial charge < -0.3 is 10.0 Å². The van der Waals surface area contributed by atoms with Gasteiger partial charge in [-0.2, -0.15) is 0 Å². The lowest BCUT2D eigenvalue weighted by Gasteiger charge is -2.18. The van der Waals surface area contributed by atoms with Crippen LogP contribution in [0.1, 0.15) is 25.1 Å². The van der Waals surface area contributed by atoms with E-state index in [0.717, 1.165) is 0 Å². The highest BCUT2D eigenvalue weighted by atomic mass is 19.3. The molecule has 0 aliphatic heterocycles. The Morgan fingerprint density at radius 2 is 2.12 bits per heavy atom. The van der Waals surface area contributed by atoms with E-state index in [4.69, 9.17) is 0 Å². The number of aliphatic hydroxyl groups is 1. The first-order valence-corrected chi connectivity index (χ1v) is 5.18. The molecule has 16 heavy (non-hydrogen) atoms. The highest BCUT2D eigenvalue weighted by molar-refractivity contribution is 5.43. The molecule has 1 aromatic rings. The average Bonchev–Trinajstić information content (AvgIpc) is 2.27. The third-order valence-electron chi connectivity index (χ3n) is 2.35. The zero-order valence-corrected chi connectivity index (χ0v) is 9.40. The molecule has 0 aliphatic rings. The van der Waals surface area contributed by atoms with Crippen molar-refractivity contribution in [1.82, 2.24) is 4.98 Å². The minimum atomic E-state index is -2.37. The Balaban J connectivity index is 2.70. The van der Waals surface area contributed by atoms with Crippen LogP contribution in [0.5, 0.6) is 0 Å². The van der Waals surface area contributed by atoms with Crippen molar-refractivity contribution >= 4 is 5.69 Å². The first-order chi connectivity index (χ1) is 7.54. The van der Waals surface area contributed by atoms with Gasteiger partial charge in [0.2, 0.25) is 0 Å². The van der Waals surface area contributed by atoms with E-state index in [2.05, 4.69) is 4.98 Å². The maximum Gasteiger partial charge on any atom is 0.255 e. The van der Waals surface area contributed by atoms with Crippen LogP contribution >= 0.6 is 0 Å². The molecule has 1 N–H and O–H groups in total. The lowest BCUT2D eigenvalue weighted by atomic mass is 10.2. The van der Waals surface area contributed by atoms with Gasteiger partial charge >= 0.3 is 0 Å². The summed E-state index contributed by atoms with van der Waals surface area (Å²) in [5.41, 5.74) is 1.18. The Morgan fingerprint density at radius 1 is 1.44 bits per heavy atom. The second-order valence-electron chi connectivity index (χ2n) is 3.64. The van der Waals surface area contributed by atoms with E-state index in [1.54, 1.807) is 19.2 Å². The SMILES string of the molecule is CC[C@H](O)c1ccc(N(C)CC(F)F)cn1. The number of hydrogen-bond donors (Lipinski definition) is 1. The number of pyridine rings is 1. The van der Waals surface area contributed by atoms with Crippen LogP contribution in [0.25, 0.3) is 0 Å². The van der Waals surface area contributed by atoms with E-state index in [1.165, 1.54) is 11.1 Å². The summed E-state index contributed by atoms with van der Waals surface area (Å²) in [5, 5.41) is 9.51. The van der Waals surface area contributed by atoms with Crippen molar-refractivity contribution in [3.63, 3.8) is 0 Å². The van der Waals surface area contributed by atoms with Gasteiger partial charge in [-0.25, -0.2) is 8.78 Å². The van der Waals surface area contributed by atoms with Gasteiger partial charge in [-0.3, -0.25) is 4.98 Å². The normalized spacial score (nSPS) is 12.9. The second-order valence-corrected chi connectivity index (χ2v) is 3.64. The minimum absolute atomic E-state index is 0.322. The molecule has 5 heteroatoms. The molecule has 0 aromatic carbocycles. The molecule has 0 radical (unpaired) electrons. The summed E-state index contributed by atoms with van der Waals surface area (Å²) in [7, 11) is 1.58. The fourth-order valence-electron chi connectivity index (χ4n) is 1.34. The molecule has 1 rings (SSSR count). The maximum atomic E-state index is 12.1. The van der Waals surface area contributed by atoms with Crippen LogP contribution in [0.2, 0.25) is 0 Å². The summed E-state index contributed by atoms with van der Waals surface area (Å²) >= 11 is 0. The molecule has 0 saturated carbocycles. The number of nitrogens with zero attached hydrogens (tertiary/aromatic N) is 2. The van der Waals surface area contributed by atoms with Gasteiger partial charge in [0, 0.05) is 7.05 Å². The topological polar surface area (TPSA) is 36.4 Å². The third-order valence-corrected chi connectivity index (χ3v) is 2.35. The Labute approximate surface area is 93.7 Å². The number of aliphatic hydroxyl groups excluding tert-OH is 1. The summed E-state index contributed by atoms with van der Waals surface area (Å²) in [6, 6.07) is 3.34. The minimum Gasteiger partial charge on any atom is -0.387 e. The molecule has 3 nitrogen and oxygen atoms in total. The van der Waals surface area contributed by atoms with Crippen molar-refractivity contribution in [2.24, 2.45) is 0 Å². The summed E-state index contributed by atoms with van der Waals surface area (Å²) in [6.07, 6.45) is -0.879. The molecule has 1 heterocycles. The zero-order chi connectivity index (χ0) is 12.1. The first kappa shape index (κ1) is 12.8. The summed E-state index contributed by atoms with van der Waals surface area (Å²) in [6.45, 7) is 1.53. The standard InChI is InChI=1S/C11H16F2N2O/c1-3-10(16)9-5-4-8(6-14-9)15(2)7-11(12)13/h4-6,10-11,16H,3,7H2,1-2H3/t10-/m0/s1. The van der Waals surface area contributed by atoms with E-state index in [0.29, 0.717) is 17.8 Å². The van der Waals surface area contributed by atoms with Gasteiger partial charge in [-0.15, -0.1) is 0 Å². The zero-order valence-electron chi connectivity index (χ0n) is 9.40. The van der Waals surface area contributed by atoms with Gasteiger partial charge in [-0.1, -0.05) is 6.92 Å². The van der Waals surface area contributed by atoms with Crippen LogP contribution < -0.4 is 4.90 Å². The molecular formula is C11H16F2N2O. The second kappa shape index (κ2) is 5.75. The maximum absolute atomic E-state index is 12.1. The van der Waals surface area contributed by atoms with Crippen LogP contribution in [-0.2, 0) is 0 Å². The molecule has 90 valence electrons. The molecule has 0 fully saturated rings. The Kier molecular flexibility index (Phi) is 4.61. The van der Waals surface area contributed by atoms with Gasteiger partial charge in [0.1, 0.15) is 0 Å². The highest BCUT2D eigenvalue weighted by Gasteiger charge is 2.10. The van der Waals surface area contributed by atoms with Crippen LogP contribution in [0.3, 0.4) is 0 Å². The molecule has 0 aliphatic carbocycles. The first-order valence-electron chi connectivity index (χ1n) is 5.18. The van der Waals surface area contributed by atoms with Gasteiger partial charge in [0.05, 0.1) is 30.2 Å². The molecule has 0 saturated heterocycles. The van der Waals surface area contributed by atoms with E-state index >= 15 is 0 Å². The molecule has 0 amide bonds. The number of aromatic nitrogens is 1. The van der Waals surface area contributed by atoms with Crippen molar-refractivity contribution in [2.75, 3.05) is 18.5 Å². The quantitative estimate of drug-likeness (QED) is 0.842. The highest BCUT2D eigenvalue weighted by Crippen LogP contribution is 2.17. The van der Waals surface area contributed by atoms with E-state index < -0.39 is 12.5 Å². The number of hydrogen-bond acceptors (Lipinski definition) is 3. The van der Waals surface area contributed by atoms with Crippen LogP contribution in [0.4, 0.5) is 14.5 Å². The third kappa shape index (κ3) is 3.41. The summed E-state index contributed by atoms with van der Waals surface area (Å²) < 4.78 is 24.3. The monoisotopic (exact) mass is 230 g/mol. The largest absolute Gasteiger partial charge is 0.387 e. The molecular weight excluding hydrogens is 214 g/mol. The summed E-state index contributed by atoms with van der Waals surface area (Å²) in [5.74, 6) is 0. The number of anilines is 1. The van der Waals surface area contributed by atoms with Crippen molar-refractivity contribution in [3.05, 3.63) is 24.0 Å². The Bertz CT molecular complexity index is 316. The lowest BCUT2D eigenvalue weighted by Crippen LogP contribution is -2.24. The van der Waals surface area contributed by atoms with Gasteiger partial charge in [0.15, 0.2) is 0 Å². The number of alkyl halides is 2. The lowest BCUT2D eigenvalue weighted by molar-refractivity contribution is 0.156. The molecule has 0 bridgehead atoms. The fraction of sp³-hybridized carbons (Fsp3) is 0.545. The molecule has 1 aromatic heterocycles. The molecule has 0 spiro atoms. The van der Waals surface area contributed by atoms with Gasteiger partial charge in [0.25, 0.3) is 6.43 Å². The predicted molar refractivity (Wildman–Crippen MR) is 58.8 cm³/mol.